The van der Waals surface area contributed by atoms with Gasteiger partial charge < -0.3 is 4.90 Å². The van der Waals surface area contributed by atoms with Gasteiger partial charge in [0.25, 0.3) is 0 Å². The molecule has 0 heterocycles. The topological polar surface area (TPSA) is 41.3 Å². The van der Waals surface area contributed by atoms with Crippen LogP contribution in [0.1, 0.15) is 11.1 Å². The third kappa shape index (κ3) is 3.55. The average Bonchev–Trinajstić information content (AvgIpc) is 2.08. The van der Waals surface area contributed by atoms with Crippen LogP contribution in [0.25, 0.3) is 0 Å². The second kappa shape index (κ2) is 4.97. The summed E-state index contributed by atoms with van der Waals surface area (Å²) in [6, 6.07) is 8.46. The number of nitrogens with one attached hydrogen (secondary N) is 1. The summed E-state index contributed by atoms with van der Waals surface area (Å²) >= 11 is 0. The fraction of sp³-hybridized carbons (Fsp3) is 0.400. The van der Waals surface area contributed by atoms with Gasteiger partial charge in [-0.1, -0.05) is 24.3 Å². The highest BCUT2D eigenvalue weighted by molar-refractivity contribution is 5.22. The number of hydrogen-bond donors (Lipinski definition) is 2. The molecule has 1 aromatic carbocycles. The smallest absolute Gasteiger partial charge is 0.0348 e. The van der Waals surface area contributed by atoms with E-state index in [1.807, 2.05) is 0 Å². The molecule has 13 heavy (non-hydrogen) atoms. The summed E-state index contributed by atoms with van der Waals surface area (Å²) in [6.07, 6.45) is 0. The van der Waals surface area contributed by atoms with Crippen molar-refractivity contribution < 1.29 is 0 Å². The lowest BCUT2D eigenvalue weighted by molar-refractivity contribution is 0.402. The summed E-state index contributed by atoms with van der Waals surface area (Å²) < 4.78 is 0. The van der Waals surface area contributed by atoms with E-state index in [9.17, 15) is 0 Å². The molecule has 0 unspecified atom stereocenters. The van der Waals surface area contributed by atoms with Crippen molar-refractivity contribution in [3.8, 4) is 0 Å². The predicted octanol–water partition coefficient (Wildman–Crippen LogP) is 0.712. The molecule has 0 aromatic heterocycles. The van der Waals surface area contributed by atoms with Crippen LogP contribution in [0.4, 0.5) is 0 Å². The van der Waals surface area contributed by atoms with Gasteiger partial charge >= 0.3 is 0 Å². The number of nitrogens with zero attached hydrogens (tertiary/aromatic N) is 1. The lowest BCUT2D eigenvalue weighted by atomic mass is 10.1. The predicted molar refractivity (Wildman–Crippen MR) is 54.9 cm³/mol. The van der Waals surface area contributed by atoms with Crippen molar-refractivity contribution in [2.24, 2.45) is 5.84 Å². The van der Waals surface area contributed by atoms with Gasteiger partial charge in [-0.2, -0.15) is 0 Å². The molecule has 3 N–H and O–H groups in total. The van der Waals surface area contributed by atoms with E-state index < -0.39 is 0 Å². The van der Waals surface area contributed by atoms with E-state index in [2.05, 4.69) is 48.7 Å². The van der Waals surface area contributed by atoms with Crippen LogP contribution < -0.4 is 11.3 Å². The highest BCUT2D eigenvalue weighted by Gasteiger charge is 1.95. The molecule has 3 nitrogen and oxygen atoms in total. The van der Waals surface area contributed by atoms with Crippen molar-refractivity contribution in [2.45, 2.75) is 13.1 Å². The SMILES string of the molecule is CN(C)Cc1ccc(CNN)cc1. The minimum Gasteiger partial charge on any atom is -0.305 e. The molecule has 0 atom stereocenters. The van der Waals surface area contributed by atoms with Crippen LogP contribution in [0.5, 0.6) is 0 Å². The minimum atomic E-state index is 0.724. The van der Waals surface area contributed by atoms with Crippen LogP contribution in [-0.4, -0.2) is 19.0 Å². The van der Waals surface area contributed by atoms with Gasteiger partial charge in [0.1, 0.15) is 0 Å². The van der Waals surface area contributed by atoms with E-state index >= 15 is 0 Å². The number of hydrazine groups is 1. The van der Waals surface area contributed by atoms with Gasteiger partial charge in [0.2, 0.25) is 0 Å². The van der Waals surface area contributed by atoms with E-state index in [4.69, 9.17) is 5.84 Å². The Balaban J connectivity index is 2.59. The van der Waals surface area contributed by atoms with Gasteiger partial charge in [-0.3, -0.25) is 11.3 Å². The van der Waals surface area contributed by atoms with Crippen LogP contribution in [0.2, 0.25) is 0 Å². The summed E-state index contributed by atoms with van der Waals surface area (Å²) in [5, 5.41) is 0. The number of nitrogens with two attached hydrogens (primary N) is 1. The number of benzene rings is 1. The molecule has 72 valence electrons. The summed E-state index contributed by atoms with van der Waals surface area (Å²) in [5.74, 6) is 5.22. The number of rotatable bonds is 4. The van der Waals surface area contributed by atoms with Crippen molar-refractivity contribution in [1.82, 2.24) is 10.3 Å². The molecule has 1 rings (SSSR count). The van der Waals surface area contributed by atoms with Crippen molar-refractivity contribution in [2.75, 3.05) is 14.1 Å². The normalized spacial score (nSPS) is 10.8. The largest absolute Gasteiger partial charge is 0.305 e. The zero-order chi connectivity index (χ0) is 9.68. The lowest BCUT2D eigenvalue weighted by Gasteiger charge is -2.09. The first-order valence-corrected chi connectivity index (χ1v) is 4.38. The number of hydrogen-bond acceptors (Lipinski definition) is 3. The molecule has 3 heteroatoms. The van der Waals surface area contributed by atoms with E-state index in [0.29, 0.717) is 0 Å². The Hall–Kier alpha value is -0.900. The lowest BCUT2D eigenvalue weighted by Crippen LogP contribution is -2.20. The van der Waals surface area contributed by atoms with E-state index in [-0.39, 0.29) is 0 Å². The minimum absolute atomic E-state index is 0.724. The Morgan fingerprint density at radius 2 is 1.69 bits per heavy atom. The molecule has 1 aromatic rings. The van der Waals surface area contributed by atoms with Crippen LogP contribution in [0.15, 0.2) is 24.3 Å². The molecular formula is C10H17N3. The summed E-state index contributed by atoms with van der Waals surface area (Å²) in [4.78, 5) is 2.15. The average molecular weight is 179 g/mol. The molecule has 0 saturated carbocycles. The van der Waals surface area contributed by atoms with Crippen LogP contribution in [0.3, 0.4) is 0 Å². The third-order valence-corrected chi connectivity index (χ3v) is 1.83. The van der Waals surface area contributed by atoms with Crippen molar-refractivity contribution in [3.05, 3.63) is 35.4 Å². The molecule has 0 aliphatic heterocycles. The van der Waals surface area contributed by atoms with Gasteiger partial charge in [-0.15, -0.1) is 0 Å². The van der Waals surface area contributed by atoms with Gasteiger partial charge in [-0.25, -0.2) is 0 Å². The molecule has 0 bridgehead atoms. The highest BCUT2D eigenvalue weighted by Crippen LogP contribution is 2.05. The third-order valence-electron chi connectivity index (χ3n) is 1.83. The van der Waals surface area contributed by atoms with Crippen molar-refractivity contribution >= 4 is 0 Å². The standard InChI is InChI=1S/C10H17N3/c1-13(2)8-10-5-3-9(4-6-10)7-12-11/h3-6,12H,7-8,11H2,1-2H3. The first kappa shape index (κ1) is 10.2. The molecule has 0 fully saturated rings. The summed E-state index contributed by atoms with van der Waals surface area (Å²) in [7, 11) is 4.13. The fourth-order valence-corrected chi connectivity index (χ4v) is 1.25. The Bertz CT molecular complexity index is 241. The van der Waals surface area contributed by atoms with Crippen LogP contribution in [0, 0.1) is 0 Å². The van der Waals surface area contributed by atoms with Crippen molar-refractivity contribution in [3.63, 3.8) is 0 Å². The van der Waals surface area contributed by atoms with Gasteiger partial charge in [0, 0.05) is 13.1 Å². The maximum Gasteiger partial charge on any atom is 0.0348 e. The molecular weight excluding hydrogens is 162 g/mol. The Labute approximate surface area is 79.5 Å². The maximum absolute atomic E-state index is 5.22. The molecule has 0 spiro atoms. The first-order valence-electron chi connectivity index (χ1n) is 4.38. The van der Waals surface area contributed by atoms with Crippen LogP contribution >= 0.6 is 0 Å². The zero-order valence-electron chi connectivity index (χ0n) is 8.25. The molecule has 0 saturated heterocycles. The fourth-order valence-electron chi connectivity index (χ4n) is 1.25. The molecule has 0 radical (unpaired) electrons. The van der Waals surface area contributed by atoms with Gasteiger partial charge in [0.15, 0.2) is 0 Å². The molecule has 0 amide bonds. The van der Waals surface area contributed by atoms with Gasteiger partial charge in [0.05, 0.1) is 0 Å². The Kier molecular flexibility index (Phi) is 3.89. The summed E-state index contributed by atoms with van der Waals surface area (Å²) in [6.45, 7) is 1.71. The van der Waals surface area contributed by atoms with Crippen LogP contribution in [-0.2, 0) is 13.1 Å². The Morgan fingerprint density at radius 3 is 2.15 bits per heavy atom. The monoisotopic (exact) mass is 179 g/mol. The zero-order valence-corrected chi connectivity index (χ0v) is 8.25. The molecule has 0 aliphatic carbocycles. The quantitative estimate of drug-likeness (QED) is 0.528. The Morgan fingerprint density at radius 1 is 1.15 bits per heavy atom. The summed E-state index contributed by atoms with van der Waals surface area (Å²) in [5.41, 5.74) is 5.17. The second-order valence-electron chi connectivity index (χ2n) is 3.44. The van der Waals surface area contributed by atoms with E-state index in [1.165, 1.54) is 11.1 Å². The van der Waals surface area contributed by atoms with Gasteiger partial charge in [-0.05, 0) is 25.2 Å². The van der Waals surface area contributed by atoms with E-state index in [1.54, 1.807) is 0 Å². The first-order chi connectivity index (χ1) is 6.22. The second-order valence-corrected chi connectivity index (χ2v) is 3.44. The van der Waals surface area contributed by atoms with Crippen molar-refractivity contribution in [1.29, 1.82) is 0 Å². The molecule has 0 aliphatic rings. The highest BCUT2D eigenvalue weighted by atomic mass is 15.2. The van der Waals surface area contributed by atoms with E-state index in [0.717, 1.165) is 13.1 Å². The maximum atomic E-state index is 5.22.